The maximum Gasteiger partial charge on any atom is 0.198 e. The van der Waals surface area contributed by atoms with Crippen molar-refractivity contribution in [3.8, 4) is 5.75 Å². The van der Waals surface area contributed by atoms with E-state index in [4.69, 9.17) is 16.3 Å². The highest BCUT2D eigenvalue weighted by molar-refractivity contribution is 6.30. The lowest BCUT2D eigenvalue weighted by Crippen LogP contribution is -2.30. The van der Waals surface area contributed by atoms with Gasteiger partial charge in [0.05, 0.1) is 13.4 Å². The molecule has 0 spiro atoms. The third-order valence-electron chi connectivity index (χ3n) is 2.55. The first-order chi connectivity index (χ1) is 8.78. The standard InChI is InChI=1S/C11H10ClN5O/c1-18-9-4-7(12)2-3-8(9)17-6-15-10-11(16-17)14-5-13-10/h2-6,16H,1H3,(H,13,14). The van der Waals surface area contributed by atoms with Gasteiger partial charge in [0.25, 0.3) is 0 Å². The van der Waals surface area contributed by atoms with E-state index in [1.54, 1.807) is 36.9 Å². The third kappa shape index (κ3) is 1.76. The molecular formula is C11H10ClN5O. The van der Waals surface area contributed by atoms with Crippen LogP contribution in [0.15, 0.2) is 29.5 Å². The molecule has 0 radical (unpaired) electrons. The molecule has 0 atom stereocenters. The van der Waals surface area contributed by atoms with Gasteiger partial charge in [0.1, 0.15) is 17.8 Å². The van der Waals surface area contributed by atoms with E-state index >= 15 is 0 Å². The molecule has 1 aliphatic rings. The molecule has 0 unspecified atom stereocenters. The number of benzene rings is 1. The Morgan fingerprint density at radius 1 is 1.39 bits per heavy atom. The monoisotopic (exact) mass is 263 g/mol. The molecule has 92 valence electrons. The first-order valence-electron chi connectivity index (χ1n) is 5.25. The van der Waals surface area contributed by atoms with Crippen LogP contribution >= 0.6 is 11.6 Å². The maximum absolute atomic E-state index is 5.93. The highest BCUT2D eigenvalue weighted by atomic mass is 35.5. The number of halogens is 1. The molecule has 0 bridgehead atoms. The Labute approximate surface area is 108 Å². The summed E-state index contributed by atoms with van der Waals surface area (Å²) in [5.41, 5.74) is 3.94. The number of nitrogens with zero attached hydrogens (tertiary/aromatic N) is 3. The van der Waals surface area contributed by atoms with E-state index in [9.17, 15) is 0 Å². The average molecular weight is 264 g/mol. The lowest BCUT2D eigenvalue weighted by molar-refractivity contribution is 0.416. The van der Waals surface area contributed by atoms with E-state index in [2.05, 4.69) is 20.4 Å². The third-order valence-corrected chi connectivity index (χ3v) is 2.78. The van der Waals surface area contributed by atoms with E-state index in [1.165, 1.54) is 0 Å². The van der Waals surface area contributed by atoms with Gasteiger partial charge in [-0.25, -0.2) is 15.0 Å². The van der Waals surface area contributed by atoms with Crippen LogP contribution in [-0.2, 0) is 0 Å². The number of aromatic amines is 1. The molecule has 6 nitrogen and oxygen atoms in total. The molecule has 0 aliphatic carbocycles. The predicted octanol–water partition coefficient (Wildman–Crippen LogP) is 2.58. The second-order valence-corrected chi connectivity index (χ2v) is 4.08. The number of methoxy groups -OCH3 is 1. The fraction of sp³-hybridized carbons (Fsp3) is 0.0909. The normalized spacial score (nSPS) is 13.1. The number of aliphatic imine (C=N–C) groups is 1. The molecule has 0 amide bonds. The zero-order valence-corrected chi connectivity index (χ0v) is 10.3. The van der Waals surface area contributed by atoms with Crippen molar-refractivity contribution in [3.05, 3.63) is 29.5 Å². The number of anilines is 2. The topological polar surface area (TPSA) is 65.5 Å². The molecule has 0 saturated carbocycles. The molecule has 2 heterocycles. The number of hydrogen-bond donors (Lipinski definition) is 2. The van der Waals surface area contributed by atoms with E-state index in [0.29, 0.717) is 16.6 Å². The SMILES string of the molecule is COc1cc(Cl)ccc1N1C=Nc2nc[nH]c2N1. The summed E-state index contributed by atoms with van der Waals surface area (Å²) in [5.74, 6) is 2.01. The van der Waals surface area contributed by atoms with Crippen molar-refractivity contribution in [2.24, 2.45) is 4.99 Å². The Kier molecular flexibility index (Phi) is 2.56. The van der Waals surface area contributed by atoms with Crippen molar-refractivity contribution in [3.63, 3.8) is 0 Å². The van der Waals surface area contributed by atoms with E-state index in [-0.39, 0.29) is 0 Å². The fourth-order valence-electron chi connectivity index (χ4n) is 1.70. The van der Waals surface area contributed by atoms with Crippen LogP contribution in [0, 0.1) is 0 Å². The zero-order chi connectivity index (χ0) is 12.5. The van der Waals surface area contributed by atoms with Crippen molar-refractivity contribution in [2.75, 3.05) is 17.5 Å². The van der Waals surface area contributed by atoms with Gasteiger partial charge in [-0.05, 0) is 12.1 Å². The average Bonchev–Trinajstić information content (AvgIpc) is 2.85. The lowest BCUT2D eigenvalue weighted by Gasteiger charge is -2.25. The van der Waals surface area contributed by atoms with Crippen molar-refractivity contribution in [2.45, 2.75) is 0 Å². The van der Waals surface area contributed by atoms with Gasteiger partial charge in [-0.1, -0.05) is 11.6 Å². The molecule has 1 aromatic carbocycles. The molecule has 7 heteroatoms. The fourth-order valence-corrected chi connectivity index (χ4v) is 1.86. The largest absolute Gasteiger partial charge is 0.494 e. The number of H-pyrrole nitrogens is 1. The molecule has 2 aromatic rings. The molecule has 1 aliphatic heterocycles. The Morgan fingerprint density at radius 2 is 2.28 bits per heavy atom. The van der Waals surface area contributed by atoms with Crippen LogP contribution in [0.4, 0.5) is 17.3 Å². The number of aromatic nitrogens is 2. The molecule has 3 rings (SSSR count). The van der Waals surface area contributed by atoms with Gasteiger partial charge in [-0.3, -0.25) is 5.43 Å². The van der Waals surface area contributed by atoms with Crippen molar-refractivity contribution in [1.29, 1.82) is 0 Å². The van der Waals surface area contributed by atoms with Crippen molar-refractivity contribution in [1.82, 2.24) is 9.97 Å². The zero-order valence-electron chi connectivity index (χ0n) is 9.51. The molecule has 0 saturated heterocycles. The Hall–Kier alpha value is -2.21. The van der Waals surface area contributed by atoms with Crippen LogP contribution in [0.1, 0.15) is 0 Å². The summed E-state index contributed by atoms with van der Waals surface area (Å²) in [4.78, 5) is 11.2. The summed E-state index contributed by atoms with van der Waals surface area (Å²) in [6.45, 7) is 0. The van der Waals surface area contributed by atoms with Gasteiger partial charge in [0.15, 0.2) is 11.6 Å². The minimum atomic E-state index is 0.617. The maximum atomic E-state index is 5.93. The van der Waals surface area contributed by atoms with Crippen LogP contribution < -0.4 is 15.2 Å². The Balaban J connectivity index is 1.97. The second-order valence-electron chi connectivity index (χ2n) is 3.64. The van der Waals surface area contributed by atoms with Crippen LogP contribution in [0.25, 0.3) is 0 Å². The summed E-state index contributed by atoms with van der Waals surface area (Å²) in [6, 6.07) is 5.38. The number of hydrazine groups is 1. The van der Waals surface area contributed by atoms with Gasteiger partial charge >= 0.3 is 0 Å². The van der Waals surface area contributed by atoms with Crippen LogP contribution in [-0.4, -0.2) is 23.4 Å². The Morgan fingerprint density at radius 3 is 3.11 bits per heavy atom. The summed E-state index contributed by atoms with van der Waals surface area (Å²) >= 11 is 5.93. The number of nitrogens with one attached hydrogen (secondary N) is 2. The summed E-state index contributed by atoms with van der Waals surface area (Å²) in [5, 5.41) is 2.35. The minimum absolute atomic E-state index is 0.617. The van der Waals surface area contributed by atoms with Gasteiger partial charge in [-0.15, -0.1) is 0 Å². The number of fused-ring (bicyclic) bond motifs is 1. The molecular weight excluding hydrogens is 254 g/mol. The second kappa shape index (κ2) is 4.23. The quantitative estimate of drug-likeness (QED) is 0.874. The number of rotatable bonds is 2. The van der Waals surface area contributed by atoms with Gasteiger partial charge in [-0.2, -0.15) is 0 Å². The number of imidazole rings is 1. The Bertz CT molecular complexity index is 609. The smallest absolute Gasteiger partial charge is 0.198 e. The predicted molar refractivity (Wildman–Crippen MR) is 70.8 cm³/mol. The van der Waals surface area contributed by atoms with Gasteiger partial charge in [0, 0.05) is 11.1 Å². The summed E-state index contributed by atoms with van der Waals surface area (Å²) < 4.78 is 5.30. The van der Waals surface area contributed by atoms with Gasteiger partial charge in [0.2, 0.25) is 0 Å². The molecule has 2 N–H and O–H groups in total. The van der Waals surface area contributed by atoms with E-state index in [0.717, 1.165) is 11.5 Å². The molecule has 0 fully saturated rings. The van der Waals surface area contributed by atoms with Gasteiger partial charge < -0.3 is 9.72 Å². The molecule has 18 heavy (non-hydrogen) atoms. The van der Waals surface area contributed by atoms with Crippen LogP contribution in [0.3, 0.4) is 0 Å². The first kappa shape index (κ1) is 10.9. The highest BCUT2D eigenvalue weighted by Crippen LogP contribution is 2.33. The minimum Gasteiger partial charge on any atom is -0.494 e. The van der Waals surface area contributed by atoms with E-state index in [1.807, 2.05) is 6.07 Å². The van der Waals surface area contributed by atoms with Crippen molar-refractivity contribution < 1.29 is 4.74 Å². The molecule has 1 aromatic heterocycles. The number of ether oxygens (including phenoxy) is 1. The van der Waals surface area contributed by atoms with E-state index < -0.39 is 0 Å². The number of hydrogen-bond acceptors (Lipinski definition) is 5. The first-order valence-corrected chi connectivity index (χ1v) is 5.63. The summed E-state index contributed by atoms with van der Waals surface area (Å²) in [7, 11) is 1.60. The summed E-state index contributed by atoms with van der Waals surface area (Å²) in [6.07, 6.45) is 3.21. The highest BCUT2D eigenvalue weighted by Gasteiger charge is 2.17. The van der Waals surface area contributed by atoms with Crippen molar-refractivity contribution >= 4 is 35.3 Å². The van der Waals surface area contributed by atoms with Crippen LogP contribution in [0.2, 0.25) is 5.02 Å². The van der Waals surface area contributed by atoms with Crippen LogP contribution in [0.5, 0.6) is 5.75 Å². The lowest BCUT2D eigenvalue weighted by atomic mass is 10.3.